The summed E-state index contributed by atoms with van der Waals surface area (Å²) in [6.07, 6.45) is 3.05. The van der Waals surface area contributed by atoms with Crippen LogP contribution in [0, 0.1) is 0 Å². The molecule has 0 saturated carbocycles. The van der Waals surface area contributed by atoms with E-state index in [0.29, 0.717) is 19.5 Å². The highest BCUT2D eigenvalue weighted by molar-refractivity contribution is 5.92. The van der Waals surface area contributed by atoms with E-state index in [1.807, 2.05) is 30.5 Å². The Balaban J connectivity index is 1.15. The monoisotopic (exact) mass is 457 g/mol. The van der Waals surface area contributed by atoms with E-state index in [-0.39, 0.29) is 11.7 Å². The van der Waals surface area contributed by atoms with Crippen molar-refractivity contribution in [3.63, 3.8) is 0 Å². The predicted octanol–water partition coefficient (Wildman–Crippen LogP) is 5.03. The van der Waals surface area contributed by atoms with Crippen LogP contribution in [0.2, 0.25) is 0 Å². The number of benzene rings is 2. The average Bonchev–Trinajstić information content (AvgIpc) is 3.24. The van der Waals surface area contributed by atoms with Crippen molar-refractivity contribution in [2.75, 3.05) is 19.6 Å². The number of H-pyrrole nitrogens is 1. The van der Waals surface area contributed by atoms with Crippen LogP contribution in [-0.4, -0.2) is 41.8 Å². The van der Waals surface area contributed by atoms with E-state index >= 15 is 0 Å². The normalized spacial score (nSPS) is 14.5. The molecule has 5 nitrogen and oxygen atoms in total. The van der Waals surface area contributed by atoms with Gasteiger partial charge in [0.05, 0.1) is 0 Å². The molecule has 0 atom stereocenters. The smallest absolute Gasteiger partial charge is 0.406 e. The maximum atomic E-state index is 12.4. The number of alkyl halides is 3. The van der Waals surface area contributed by atoms with E-state index in [1.54, 1.807) is 18.2 Å². The quantitative estimate of drug-likeness (QED) is 0.368. The maximum Gasteiger partial charge on any atom is 0.573 e. The van der Waals surface area contributed by atoms with E-state index in [9.17, 15) is 18.0 Å². The Hall–Kier alpha value is -3.26. The van der Waals surface area contributed by atoms with Crippen molar-refractivity contribution in [3.8, 4) is 5.75 Å². The number of halogens is 3. The summed E-state index contributed by atoms with van der Waals surface area (Å²) in [7, 11) is 0. The SMILES string of the molecule is O=C(/C=C/c1ccc2[nH]ccc2c1)NCCCCN1CCc2cc(OC(F)(F)F)ccc2C1. The molecule has 0 bridgehead atoms. The number of carbonyl (C=O) groups is 1. The highest BCUT2D eigenvalue weighted by Gasteiger charge is 2.31. The molecule has 2 aromatic carbocycles. The van der Waals surface area contributed by atoms with E-state index in [4.69, 9.17) is 0 Å². The number of ether oxygens (including phenoxy) is 1. The fourth-order valence-corrected chi connectivity index (χ4v) is 4.05. The van der Waals surface area contributed by atoms with Crippen molar-refractivity contribution in [2.24, 2.45) is 0 Å². The van der Waals surface area contributed by atoms with Crippen molar-refractivity contribution in [1.29, 1.82) is 0 Å². The predicted molar refractivity (Wildman–Crippen MR) is 122 cm³/mol. The summed E-state index contributed by atoms with van der Waals surface area (Å²) in [6.45, 7) is 2.98. The van der Waals surface area contributed by atoms with Crippen molar-refractivity contribution in [3.05, 3.63) is 71.4 Å². The van der Waals surface area contributed by atoms with Crippen LogP contribution < -0.4 is 10.1 Å². The van der Waals surface area contributed by atoms with Crippen molar-refractivity contribution in [1.82, 2.24) is 15.2 Å². The summed E-state index contributed by atoms with van der Waals surface area (Å²) in [5, 5.41) is 4.01. The van der Waals surface area contributed by atoms with Gasteiger partial charge in [0.25, 0.3) is 0 Å². The minimum Gasteiger partial charge on any atom is -0.406 e. The lowest BCUT2D eigenvalue weighted by Crippen LogP contribution is -2.32. The molecule has 0 unspecified atom stereocenters. The highest BCUT2D eigenvalue weighted by atomic mass is 19.4. The fourth-order valence-electron chi connectivity index (χ4n) is 4.05. The van der Waals surface area contributed by atoms with Crippen LogP contribution in [0.25, 0.3) is 17.0 Å². The van der Waals surface area contributed by atoms with E-state index in [1.165, 1.54) is 12.1 Å². The number of nitrogens with one attached hydrogen (secondary N) is 2. The number of aromatic amines is 1. The van der Waals surface area contributed by atoms with Crippen LogP contribution >= 0.6 is 0 Å². The van der Waals surface area contributed by atoms with Gasteiger partial charge in [0.1, 0.15) is 5.75 Å². The summed E-state index contributed by atoms with van der Waals surface area (Å²) in [5.41, 5.74) is 3.98. The zero-order valence-corrected chi connectivity index (χ0v) is 18.1. The Morgan fingerprint density at radius 3 is 2.85 bits per heavy atom. The lowest BCUT2D eigenvalue weighted by atomic mass is 9.99. The third kappa shape index (κ3) is 6.61. The Labute approximate surface area is 190 Å². The van der Waals surface area contributed by atoms with Crippen LogP contribution in [0.5, 0.6) is 5.75 Å². The number of carbonyl (C=O) groups excluding carboxylic acids is 1. The number of rotatable bonds is 8. The number of unbranched alkanes of at least 4 members (excludes halogenated alkanes) is 1. The first kappa shape index (κ1) is 22.9. The van der Waals surface area contributed by atoms with Gasteiger partial charge < -0.3 is 15.0 Å². The van der Waals surface area contributed by atoms with Gasteiger partial charge in [0.2, 0.25) is 5.91 Å². The van der Waals surface area contributed by atoms with Crippen molar-refractivity contribution < 1.29 is 22.7 Å². The summed E-state index contributed by atoms with van der Waals surface area (Å²) in [5.74, 6) is -0.280. The average molecular weight is 457 g/mol. The van der Waals surface area contributed by atoms with E-state index in [0.717, 1.165) is 53.5 Å². The van der Waals surface area contributed by atoms with Crippen molar-refractivity contribution >= 4 is 22.9 Å². The van der Waals surface area contributed by atoms with Gasteiger partial charge in [0, 0.05) is 37.4 Å². The molecule has 3 aromatic rings. The summed E-state index contributed by atoms with van der Waals surface area (Å²) < 4.78 is 41.2. The molecule has 4 rings (SSSR count). The minimum absolute atomic E-state index is 0.118. The summed E-state index contributed by atoms with van der Waals surface area (Å²) >= 11 is 0. The van der Waals surface area contributed by atoms with Crippen LogP contribution in [0.1, 0.15) is 29.5 Å². The number of fused-ring (bicyclic) bond motifs is 2. The third-order valence-electron chi connectivity index (χ3n) is 5.71. The molecule has 0 spiro atoms. The molecule has 2 N–H and O–H groups in total. The van der Waals surface area contributed by atoms with Gasteiger partial charge in [-0.1, -0.05) is 12.1 Å². The molecule has 33 heavy (non-hydrogen) atoms. The summed E-state index contributed by atoms with van der Waals surface area (Å²) in [4.78, 5) is 17.5. The number of nitrogens with zero attached hydrogens (tertiary/aromatic N) is 1. The van der Waals surface area contributed by atoms with Gasteiger partial charge in [-0.25, -0.2) is 0 Å². The molecule has 2 heterocycles. The molecule has 8 heteroatoms. The largest absolute Gasteiger partial charge is 0.573 e. The van der Waals surface area contributed by atoms with E-state index < -0.39 is 6.36 Å². The topological polar surface area (TPSA) is 57.4 Å². The van der Waals surface area contributed by atoms with Crippen LogP contribution in [0.15, 0.2) is 54.7 Å². The van der Waals surface area contributed by atoms with E-state index in [2.05, 4.69) is 19.9 Å². The first-order valence-electron chi connectivity index (χ1n) is 11.0. The Morgan fingerprint density at radius 1 is 1.12 bits per heavy atom. The third-order valence-corrected chi connectivity index (χ3v) is 5.71. The van der Waals surface area contributed by atoms with Crippen LogP contribution in [0.4, 0.5) is 13.2 Å². The summed E-state index contributed by atoms with van der Waals surface area (Å²) in [6, 6.07) is 12.5. The molecule has 1 amide bonds. The van der Waals surface area contributed by atoms with Gasteiger partial charge in [-0.15, -0.1) is 13.2 Å². The molecule has 0 aliphatic carbocycles. The first-order chi connectivity index (χ1) is 15.9. The van der Waals surface area contributed by atoms with Crippen molar-refractivity contribution in [2.45, 2.75) is 32.2 Å². The first-order valence-corrected chi connectivity index (χ1v) is 11.0. The number of amides is 1. The second-order valence-corrected chi connectivity index (χ2v) is 8.16. The van der Waals surface area contributed by atoms with Gasteiger partial charge >= 0.3 is 6.36 Å². The molecular weight excluding hydrogens is 431 g/mol. The molecule has 1 aliphatic rings. The van der Waals surface area contributed by atoms with Gasteiger partial charge in [-0.3, -0.25) is 9.69 Å². The number of aromatic nitrogens is 1. The second-order valence-electron chi connectivity index (χ2n) is 8.16. The molecule has 0 fully saturated rings. The van der Waals surface area contributed by atoms with Gasteiger partial charge in [-0.2, -0.15) is 0 Å². The van der Waals surface area contributed by atoms with Crippen LogP contribution in [0.3, 0.4) is 0 Å². The Morgan fingerprint density at radius 2 is 2.00 bits per heavy atom. The zero-order valence-electron chi connectivity index (χ0n) is 18.1. The maximum absolute atomic E-state index is 12.4. The molecule has 1 aromatic heterocycles. The lowest BCUT2D eigenvalue weighted by Gasteiger charge is -2.29. The minimum atomic E-state index is -4.67. The zero-order chi connectivity index (χ0) is 23.3. The Kier molecular flexibility index (Phi) is 7.03. The molecular formula is C25H26F3N3O2. The lowest BCUT2D eigenvalue weighted by molar-refractivity contribution is -0.274. The fraction of sp³-hybridized carbons (Fsp3) is 0.320. The molecule has 1 aliphatic heterocycles. The van der Waals surface area contributed by atoms with Gasteiger partial charge in [-0.05, 0) is 84.3 Å². The molecule has 174 valence electrons. The standard InChI is InChI=1S/C25H26F3N3O2/c26-25(27,28)33-22-6-5-21-17-31(14-10-19(21)16-22)13-2-1-11-30-24(32)8-4-18-3-7-23-20(15-18)9-12-29-23/h3-9,12,15-16,29H,1-2,10-11,13-14,17H2,(H,30,32)/b8-4+. The second kappa shape index (κ2) is 10.1. The number of hydrogen-bond acceptors (Lipinski definition) is 3. The van der Waals surface area contributed by atoms with Gasteiger partial charge in [0.15, 0.2) is 0 Å². The molecule has 0 saturated heterocycles. The molecule has 0 radical (unpaired) electrons. The van der Waals surface area contributed by atoms with Crippen LogP contribution in [-0.2, 0) is 17.8 Å². The number of hydrogen-bond donors (Lipinski definition) is 2. The Bertz CT molecular complexity index is 1140. The highest BCUT2D eigenvalue weighted by Crippen LogP contribution is 2.28.